The predicted molar refractivity (Wildman–Crippen MR) is 59.9 cm³/mol. The van der Waals surface area contributed by atoms with E-state index < -0.39 is 0 Å². The third-order valence-corrected chi connectivity index (χ3v) is 2.08. The molecule has 0 atom stereocenters. The number of rotatable bonds is 4. The summed E-state index contributed by atoms with van der Waals surface area (Å²) in [5.41, 5.74) is 6.60. The Balaban J connectivity index is 1.93. The van der Waals surface area contributed by atoms with Gasteiger partial charge in [-0.25, -0.2) is 4.98 Å². The summed E-state index contributed by atoms with van der Waals surface area (Å²) in [6.45, 7) is 0.575. The molecule has 2 heterocycles. The van der Waals surface area contributed by atoms with Gasteiger partial charge in [0, 0.05) is 19.2 Å². The molecule has 0 amide bonds. The lowest BCUT2D eigenvalue weighted by Crippen LogP contribution is -2.08. The number of nitrogens with zero attached hydrogens (tertiary/aromatic N) is 4. The minimum Gasteiger partial charge on any atom is -0.396 e. The number of anilines is 2. The second-order valence-corrected chi connectivity index (χ2v) is 3.29. The first-order valence-corrected chi connectivity index (χ1v) is 4.94. The number of aromatic nitrogens is 3. The highest BCUT2D eigenvalue weighted by Crippen LogP contribution is 2.15. The number of nitrogens with two attached hydrogens (primary N) is 1. The van der Waals surface area contributed by atoms with Crippen LogP contribution in [0.3, 0.4) is 0 Å². The molecule has 0 bridgehead atoms. The highest BCUT2D eigenvalue weighted by atomic mass is 16.5. The smallest absolute Gasteiger partial charge is 0.228 e. The van der Waals surface area contributed by atoms with Gasteiger partial charge in [0.2, 0.25) is 5.89 Å². The van der Waals surface area contributed by atoms with Crippen LogP contribution in [-0.2, 0) is 6.42 Å². The Bertz CT molecular complexity index is 530. The van der Waals surface area contributed by atoms with Gasteiger partial charge >= 0.3 is 0 Å². The first kappa shape index (κ1) is 10.9. The first-order valence-electron chi connectivity index (χ1n) is 4.94. The molecule has 2 aromatic heterocycles. The summed E-state index contributed by atoms with van der Waals surface area (Å²) in [4.78, 5) is 7.93. The highest BCUT2D eigenvalue weighted by Gasteiger charge is 2.03. The van der Waals surface area contributed by atoms with E-state index in [1.165, 1.54) is 12.5 Å². The number of nitriles is 1. The zero-order valence-corrected chi connectivity index (χ0v) is 8.92. The van der Waals surface area contributed by atoms with Crippen molar-refractivity contribution >= 4 is 11.5 Å². The van der Waals surface area contributed by atoms with Crippen molar-refractivity contribution in [2.75, 3.05) is 17.6 Å². The maximum absolute atomic E-state index is 8.66. The van der Waals surface area contributed by atoms with Crippen molar-refractivity contribution in [3.8, 4) is 6.07 Å². The summed E-state index contributed by atoms with van der Waals surface area (Å²) >= 11 is 0. The van der Waals surface area contributed by atoms with Gasteiger partial charge < -0.3 is 15.6 Å². The lowest BCUT2D eigenvalue weighted by atomic mass is 10.3. The fraction of sp³-hybridized carbons (Fsp3) is 0.200. The van der Waals surface area contributed by atoms with Gasteiger partial charge in [-0.15, -0.1) is 0 Å². The van der Waals surface area contributed by atoms with Gasteiger partial charge in [-0.05, 0) is 6.07 Å². The molecule has 0 saturated heterocycles. The predicted octanol–water partition coefficient (Wildman–Crippen LogP) is 0.573. The molecular weight excluding hydrogens is 220 g/mol. The molecule has 0 unspecified atom stereocenters. The lowest BCUT2D eigenvalue weighted by Gasteiger charge is -2.06. The molecule has 0 aliphatic heterocycles. The van der Waals surface area contributed by atoms with Crippen LogP contribution in [0, 0.1) is 11.3 Å². The van der Waals surface area contributed by atoms with E-state index in [2.05, 4.69) is 20.4 Å². The summed E-state index contributed by atoms with van der Waals surface area (Å²) < 4.78 is 4.84. The second kappa shape index (κ2) is 4.94. The second-order valence-electron chi connectivity index (χ2n) is 3.29. The zero-order valence-electron chi connectivity index (χ0n) is 8.92. The average molecular weight is 230 g/mol. The summed E-state index contributed by atoms with van der Waals surface area (Å²) in [6, 6.07) is 3.54. The van der Waals surface area contributed by atoms with Crippen molar-refractivity contribution in [1.29, 1.82) is 5.26 Å². The zero-order chi connectivity index (χ0) is 12.1. The fourth-order valence-electron chi connectivity index (χ4n) is 1.28. The molecule has 17 heavy (non-hydrogen) atoms. The minimum atomic E-state index is 0.435. The molecular formula is C10H10N6O. The van der Waals surface area contributed by atoms with Gasteiger partial charge in [-0.1, -0.05) is 5.16 Å². The van der Waals surface area contributed by atoms with Crippen molar-refractivity contribution in [2.45, 2.75) is 6.42 Å². The number of nitrogens with one attached hydrogen (secondary N) is 1. The average Bonchev–Trinajstić information content (AvgIpc) is 2.84. The van der Waals surface area contributed by atoms with Gasteiger partial charge in [0.15, 0.2) is 6.33 Å². The number of hydrogen-bond acceptors (Lipinski definition) is 7. The third-order valence-electron chi connectivity index (χ3n) is 2.08. The number of hydrogen-bond donors (Lipinski definition) is 2. The van der Waals surface area contributed by atoms with E-state index in [-0.39, 0.29) is 0 Å². The van der Waals surface area contributed by atoms with Gasteiger partial charge in [0.25, 0.3) is 0 Å². The van der Waals surface area contributed by atoms with Crippen LogP contribution in [0.4, 0.5) is 11.5 Å². The Morgan fingerprint density at radius 2 is 2.35 bits per heavy atom. The maximum Gasteiger partial charge on any atom is 0.228 e. The van der Waals surface area contributed by atoms with Crippen molar-refractivity contribution in [2.24, 2.45) is 0 Å². The Morgan fingerprint density at radius 3 is 3.00 bits per heavy atom. The molecule has 3 N–H and O–H groups in total. The summed E-state index contributed by atoms with van der Waals surface area (Å²) in [6.07, 6.45) is 3.40. The molecule has 2 aromatic rings. The number of pyridine rings is 1. The normalized spacial score (nSPS) is 9.82. The van der Waals surface area contributed by atoms with E-state index >= 15 is 0 Å². The number of nitrogen functional groups attached to an aromatic ring is 1. The van der Waals surface area contributed by atoms with Crippen LogP contribution >= 0.6 is 0 Å². The van der Waals surface area contributed by atoms with E-state index in [1.807, 2.05) is 6.07 Å². The molecule has 7 heteroatoms. The molecule has 0 aliphatic rings. The molecule has 0 fully saturated rings. The van der Waals surface area contributed by atoms with Crippen LogP contribution in [-0.4, -0.2) is 21.7 Å². The van der Waals surface area contributed by atoms with Crippen LogP contribution < -0.4 is 11.1 Å². The topological polar surface area (TPSA) is 114 Å². The van der Waals surface area contributed by atoms with Crippen LogP contribution in [0.5, 0.6) is 0 Å². The molecule has 2 rings (SSSR count). The van der Waals surface area contributed by atoms with Crippen LogP contribution in [0.15, 0.2) is 23.1 Å². The molecule has 0 spiro atoms. The van der Waals surface area contributed by atoms with Crippen molar-refractivity contribution in [1.82, 2.24) is 15.1 Å². The molecule has 0 radical (unpaired) electrons. The molecule has 7 nitrogen and oxygen atoms in total. The highest BCUT2D eigenvalue weighted by molar-refractivity contribution is 5.62. The summed E-state index contributed by atoms with van der Waals surface area (Å²) in [7, 11) is 0. The van der Waals surface area contributed by atoms with Crippen molar-refractivity contribution in [3.05, 3.63) is 30.0 Å². The lowest BCUT2D eigenvalue weighted by molar-refractivity contribution is 0.379. The maximum atomic E-state index is 8.66. The Morgan fingerprint density at radius 1 is 1.47 bits per heavy atom. The van der Waals surface area contributed by atoms with Gasteiger partial charge in [-0.3, -0.25) is 0 Å². The van der Waals surface area contributed by atoms with Crippen molar-refractivity contribution < 1.29 is 4.52 Å². The van der Waals surface area contributed by atoms with Gasteiger partial charge in [-0.2, -0.15) is 10.2 Å². The Kier molecular flexibility index (Phi) is 3.16. The Hall–Kier alpha value is -2.62. The van der Waals surface area contributed by atoms with Crippen LogP contribution in [0.1, 0.15) is 11.5 Å². The first-order chi connectivity index (χ1) is 8.29. The standard InChI is InChI=1S/C10H10N6O/c11-4-7-3-8(12)10(14-5-7)13-2-1-9-15-6-16-17-9/h3,5-6H,1-2,12H2,(H,13,14). The molecule has 0 aliphatic carbocycles. The van der Waals surface area contributed by atoms with E-state index in [0.29, 0.717) is 35.9 Å². The molecule has 0 saturated carbocycles. The monoisotopic (exact) mass is 230 g/mol. The minimum absolute atomic E-state index is 0.435. The van der Waals surface area contributed by atoms with E-state index in [1.54, 1.807) is 6.07 Å². The summed E-state index contributed by atoms with van der Waals surface area (Å²) in [5.74, 6) is 1.09. The van der Waals surface area contributed by atoms with E-state index in [9.17, 15) is 0 Å². The SMILES string of the molecule is N#Cc1cnc(NCCc2ncno2)c(N)c1. The quantitative estimate of drug-likeness (QED) is 0.789. The van der Waals surface area contributed by atoms with Gasteiger partial charge in [0.1, 0.15) is 11.9 Å². The largest absolute Gasteiger partial charge is 0.396 e. The molecule has 86 valence electrons. The van der Waals surface area contributed by atoms with E-state index in [0.717, 1.165) is 0 Å². The van der Waals surface area contributed by atoms with Crippen LogP contribution in [0.25, 0.3) is 0 Å². The van der Waals surface area contributed by atoms with Crippen molar-refractivity contribution in [3.63, 3.8) is 0 Å². The van der Waals surface area contributed by atoms with Gasteiger partial charge in [0.05, 0.1) is 11.3 Å². The fourth-order valence-corrected chi connectivity index (χ4v) is 1.28. The Labute approximate surface area is 97.3 Å². The molecule has 0 aromatic carbocycles. The third kappa shape index (κ3) is 2.69. The van der Waals surface area contributed by atoms with E-state index in [4.69, 9.17) is 15.5 Å². The summed E-state index contributed by atoms with van der Waals surface area (Å²) in [5, 5.41) is 15.2. The van der Waals surface area contributed by atoms with Crippen LogP contribution in [0.2, 0.25) is 0 Å².